The standard InChI is InChI=1S/C21H21NO2/c1-2-3-8-20-19(18-7-5-4-6-17(18)14-22-20)13-15-9-11-16(12-10-15)21(23)24/h4-7,9-12,14H,2-3,8,13H2,1H3,(H,23,24). The van der Waals surface area contributed by atoms with Crippen LogP contribution in [-0.4, -0.2) is 16.1 Å². The lowest BCUT2D eigenvalue weighted by Crippen LogP contribution is -2.02. The smallest absolute Gasteiger partial charge is 0.335 e. The van der Waals surface area contributed by atoms with E-state index in [2.05, 4.69) is 25.1 Å². The molecule has 3 rings (SSSR count). The molecule has 0 amide bonds. The predicted octanol–water partition coefficient (Wildman–Crippen LogP) is 4.87. The van der Waals surface area contributed by atoms with E-state index >= 15 is 0 Å². The summed E-state index contributed by atoms with van der Waals surface area (Å²) in [4.78, 5) is 15.7. The molecule has 0 fully saturated rings. The first kappa shape index (κ1) is 16.2. The van der Waals surface area contributed by atoms with E-state index in [1.165, 1.54) is 10.9 Å². The largest absolute Gasteiger partial charge is 0.478 e. The highest BCUT2D eigenvalue weighted by atomic mass is 16.4. The fourth-order valence-corrected chi connectivity index (χ4v) is 2.99. The lowest BCUT2D eigenvalue weighted by atomic mass is 9.95. The van der Waals surface area contributed by atoms with Crippen LogP contribution in [0.3, 0.4) is 0 Å². The molecule has 3 nitrogen and oxygen atoms in total. The van der Waals surface area contributed by atoms with Crippen molar-refractivity contribution in [1.82, 2.24) is 4.98 Å². The molecule has 1 N–H and O–H groups in total. The van der Waals surface area contributed by atoms with Crippen molar-refractivity contribution in [2.75, 3.05) is 0 Å². The summed E-state index contributed by atoms with van der Waals surface area (Å²) in [6.45, 7) is 2.19. The van der Waals surface area contributed by atoms with E-state index in [1.54, 1.807) is 12.1 Å². The van der Waals surface area contributed by atoms with Gasteiger partial charge in [-0.2, -0.15) is 0 Å². The number of unbranched alkanes of at least 4 members (excludes halogenated alkanes) is 1. The highest BCUT2D eigenvalue weighted by molar-refractivity contribution is 5.88. The molecule has 0 bridgehead atoms. The molecule has 0 saturated heterocycles. The Balaban J connectivity index is 2.00. The van der Waals surface area contributed by atoms with E-state index in [0.717, 1.165) is 42.3 Å². The third-order valence-electron chi connectivity index (χ3n) is 4.34. The van der Waals surface area contributed by atoms with Gasteiger partial charge >= 0.3 is 5.97 Å². The second kappa shape index (κ2) is 7.26. The first-order valence-corrected chi connectivity index (χ1v) is 8.36. The second-order valence-electron chi connectivity index (χ2n) is 6.05. The zero-order valence-corrected chi connectivity index (χ0v) is 13.8. The number of aryl methyl sites for hydroxylation is 1. The zero-order chi connectivity index (χ0) is 16.9. The SMILES string of the molecule is CCCCc1ncc2ccccc2c1Cc1ccc(C(=O)O)cc1. The molecule has 2 aromatic carbocycles. The topological polar surface area (TPSA) is 50.2 Å². The summed E-state index contributed by atoms with van der Waals surface area (Å²) >= 11 is 0. The molecule has 1 heterocycles. The molecule has 0 aliphatic rings. The van der Waals surface area contributed by atoms with E-state index in [-0.39, 0.29) is 0 Å². The van der Waals surface area contributed by atoms with Crippen LogP contribution in [0.4, 0.5) is 0 Å². The molecular weight excluding hydrogens is 298 g/mol. The van der Waals surface area contributed by atoms with Gasteiger partial charge in [0.25, 0.3) is 0 Å². The Morgan fingerprint density at radius 3 is 2.54 bits per heavy atom. The maximum absolute atomic E-state index is 11.0. The van der Waals surface area contributed by atoms with Gasteiger partial charge in [-0.15, -0.1) is 0 Å². The van der Waals surface area contributed by atoms with Crippen molar-refractivity contribution in [3.8, 4) is 0 Å². The number of hydrogen-bond acceptors (Lipinski definition) is 2. The maximum Gasteiger partial charge on any atom is 0.335 e. The number of aromatic carboxylic acids is 1. The fourth-order valence-electron chi connectivity index (χ4n) is 2.99. The summed E-state index contributed by atoms with van der Waals surface area (Å²) in [5.41, 5.74) is 3.83. The molecular formula is C21H21NO2. The van der Waals surface area contributed by atoms with Crippen molar-refractivity contribution in [3.05, 3.63) is 77.1 Å². The van der Waals surface area contributed by atoms with Crippen LogP contribution in [0.1, 0.15) is 46.9 Å². The van der Waals surface area contributed by atoms with Gasteiger partial charge in [0.1, 0.15) is 0 Å². The second-order valence-corrected chi connectivity index (χ2v) is 6.05. The molecule has 122 valence electrons. The van der Waals surface area contributed by atoms with E-state index < -0.39 is 5.97 Å². The van der Waals surface area contributed by atoms with Gasteiger partial charge < -0.3 is 5.11 Å². The Hall–Kier alpha value is -2.68. The third kappa shape index (κ3) is 3.46. The van der Waals surface area contributed by atoms with Gasteiger partial charge in [-0.05, 0) is 47.9 Å². The van der Waals surface area contributed by atoms with Crippen molar-refractivity contribution >= 4 is 16.7 Å². The van der Waals surface area contributed by atoms with Gasteiger partial charge in [-0.25, -0.2) is 4.79 Å². The molecule has 0 atom stereocenters. The van der Waals surface area contributed by atoms with Gasteiger partial charge in [-0.1, -0.05) is 49.7 Å². The van der Waals surface area contributed by atoms with Crippen LogP contribution >= 0.6 is 0 Å². The van der Waals surface area contributed by atoms with Gasteiger partial charge in [-0.3, -0.25) is 4.98 Å². The zero-order valence-electron chi connectivity index (χ0n) is 13.8. The van der Waals surface area contributed by atoms with E-state index in [9.17, 15) is 4.79 Å². The van der Waals surface area contributed by atoms with Gasteiger partial charge in [0.2, 0.25) is 0 Å². The monoisotopic (exact) mass is 319 g/mol. The van der Waals surface area contributed by atoms with Gasteiger partial charge in [0.15, 0.2) is 0 Å². The molecule has 0 radical (unpaired) electrons. The minimum absolute atomic E-state index is 0.320. The summed E-state index contributed by atoms with van der Waals surface area (Å²) in [5, 5.41) is 11.4. The molecule has 0 aliphatic heterocycles. The van der Waals surface area contributed by atoms with E-state index in [1.807, 2.05) is 24.4 Å². The summed E-state index contributed by atoms with van der Waals surface area (Å²) in [6.07, 6.45) is 5.96. The highest BCUT2D eigenvalue weighted by Crippen LogP contribution is 2.25. The van der Waals surface area contributed by atoms with Crippen molar-refractivity contribution in [2.45, 2.75) is 32.6 Å². The fraction of sp³-hybridized carbons (Fsp3) is 0.238. The number of fused-ring (bicyclic) bond motifs is 1. The predicted molar refractivity (Wildman–Crippen MR) is 96.6 cm³/mol. The summed E-state index contributed by atoms with van der Waals surface area (Å²) in [5.74, 6) is -0.892. The van der Waals surface area contributed by atoms with E-state index in [4.69, 9.17) is 10.1 Å². The maximum atomic E-state index is 11.0. The molecule has 3 heteroatoms. The lowest BCUT2D eigenvalue weighted by molar-refractivity contribution is 0.0697. The highest BCUT2D eigenvalue weighted by Gasteiger charge is 2.10. The lowest BCUT2D eigenvalue weighted by Gasteiger charge is -2.12. The molecule has 0 saturated carbocycles. The van der Waals surface area contributed by atoms with Gasteiger partial charge in [0, 0.05) is 17.3 Å². The van der Waals surface area contributed by atoms with Crippen molar-refractivity contribution in [3.63, 3.8) is 0 Å². The number of nitrogens with zero attached hydrogens (tertiary/aromatic N) is 1. The normalized spacial score (nSPS) is 10.9. The van der Waals surface area contributed by atoms with Crippen LogP contribution in [-0.2, 0) is 12.8 Å². The van der Waals surface area contributed by atoms with Crippen LogP contribution < -0.4 is 0 Å². The number of hydrogen-bond donors (Lipinski definition) is 1. The minimum Gasteiger partial charge on any atom is -0.478 e. The van der Waals surface area contributed by atoms with Crippen LogP contribution in [0.15, 0.2) is 54.7 Å². The van der Waals surface area contributed by atoms with Crippen molar-refractivity contribution in [1.29, 1.82) is 0 Å². The molecule has 0 unspecified atom stereocenters. The van der Waals surface area contributed by atoms with Crippen LogP contribution in [0.25, 0.3) is 10.8 Å². The minimum atomic E-state index is -0.892. The molecule has 24 heavy (non-hydrogen) atoms. The van der Waals surface area contributed by atoms with Crippen LogP contribution in [0.5, 0.6) is 0 Å². The van der Waals surface area contributed by atoms with Gasteiger partial charge in [0.05, 0.1) is 5.56 Å². The quantitative estimate of drug-likeness (QED) is 0.705. The molecule has 0 aliphatic carbocycles. The Morgan fingerprint density at radius 1 is 1.08 bits per heavy atom. The molecule has 1 aromatic heterocycles. The number of carbonyl (C=O) groups is 1. The number of benzene rings is 2. The average Bonchev–Trinajstić information content (AvgIpc) is 2.61. The van der Waals surface area contributed by atoms with Crippen LogP contribution in [0.2, 0.25) is 0 Å². The Bertz CT molecular complexity index is 853. The van der Waals surface area contributed by atoms with Crippen LogP contribution in [0, 0.1) is 0 Å². The summed E-state index contributed by atoms with van der Waals surface area (Å²) < 4.78 is 0. The molecule has 0 spiro atoms. The number of pyridine rings is 1. The van der Waals surface area contributed by atoms with Crippen molar-refractivity contribution < 1.29 is 9.90 Å². The first-order chi connectivity index (χ1) is 11.7. The third-order valence-corrected chi connectivity index (χ3v) is 4.34. The summed E-state index contributed by atoms with van der Waals surface area (Å²) in [7, 11) is 0. The van der Waals surface area contributed by atoms with Crippen molar-refractivity contribution in [2.24, 2.45) is 0 Å². The molecule has 3 aromatic rings. The Morgan fingerprint density at radius 2 is 1.83 bits per heavy atom. The number of rotatable bonds is 6. The number of carboxylic acids is 1. The average molecular weight is 319 g/mol. The Kier molecular flexibility index (Phi) is 4.90. The first-order valence-electron chi connectivity index (χ1n) is 8.36. The number of carboxylic acid groups (broad SMARTS) is 1. The Labute approximate surface area is 142 Å². The summed E-state index contributed by atoms with van der Waals surface area (Å²) in [6, 6.07) is 15.5. The van der Waals surface area contributed by atoms with E-state index in [0.29, 0.717) is 5.56 Å². The number of aromatic nitrogens is 1.